The van der Waals surface area contributed by atoms with Gasteiger partial charge in [0.2, 0.25) is 11.8 Å². The molecule has 9 nitrogen and oxygen atoms in total. The zero-order valence-electron chi connectivity index (χ0n) is 19.4. The molecule has 0 unspecified atom stereocenters. The summed E-state index contributed by atoms with van der Waals surface area (Å²) in [7, 11) is 1.59. The van der Waals surface area contributed by atoms with E-state index in [9.17, 15) is 8.78 Å². The maximum atomic E-state index is 14.1. The number of anilines is 2. The molecule has 1 saturated heterocycles. The summed E-state index contributed by atoms with van der Waals surface area (Å²) in [6, 6.07) is 5.55. The van der Waals surface area contributed by atoms with Gasteiger partial charge in [-0.15, -0.1) is 10.2 Å². The fourth-order valence-electron chi connectivity index (χ4n) is 5.64. The van der Waals surface area contributed by atoms with Crippen molar-refractivity contribution in [1.82, 2.24) is 25.0 Å². The van der Waals surface area contributed by atoms with Crippen LogP contribution in [0.15, 0.2) is 30.5 Å². The van der Waals surface area contributed by atoms with Crippen LogP contribution in [0.3, 0.4) is 0 Å². The summed E-state index contributed by atoms with van der Waals surface area (Å²) in [6.45, 7) is 2.55. The van der Waals surface area contributed by atoms with Crippen LogP contribution in [0.4, 0.5) is 20.4 Å². The molecule has 2 aromatic heterocycles. The molecule has 1 saturated carbocycles. The van der Waals surface area contributed by atoms with Gasteiger partial charge >= 0.3 is 0 Å². The minimum absolute atomic E-state index is 0.0232. The number of methoxy groups -OCH3 is 1. The lowest BCUT2D eigenvalue weighted by Crippen LogP contribution is -2.48. The zero-order valence-corrected chi connectivity index (χ0v) is 19.4. The Bertz CT molecular complexity index is 1210. The minimum Gasteiger partial charge on any atom is -0.480 e. The molecule has 3 aliphatic rings. The summed E-state index contributed by atoms with van der Waals surface area (Å²) in [5, 5.41) is 16.3. The fraction of sp³-hybridized carbons (Fsp3) is 0.500. The molecule has 6 rings (SSSR count). The Labute approximate surface area is 201 Å². The summed E-state index contributed by atoms with van der Waals surface area (Å²) in [5.41, 5.74) is 1.02. The number of rotatable bonds is 6. The first-order valence-electron chi connectivity index (χ1n) is 12.0. The number of hydrogen-bond acceptors (Lipinski definition) is 8. The molecule has 184 valence electrons. The van der Waals surface area contributed by atoms with E-state index in [4.69, 9.17) is 14.5 Å². The molecule has 0 amide bonds. The highest BCUT2D eigenvalue weighted by Crippen LogP contribution is 2.40. The molecule has 0 radical (unpaired) electrons. The van der Waals surface area contributed by atoms with Crippen LogP contribution in [0.2, 0.25) is 0 Å². The highest BCUT2D eigenvalue weighted by atomic mass is 19.1. The van der Waals surface area contributed by atoms with Crippen molar-refractivity contribution in [2.45, 2.75) is 44.4 Å². The van der Waals surface area contributed by atoms with Gasteiger partial charge in [0.05, 0.1) is 19.0 Å². The summed E-state index contributed by atoms with van der Waals surface area (Å²) < 4.78 is 40.4. The molecule has 2 fully saturated rings. The third-order valence-electron chi connectivity index (χ3n) is 7.31. The van der Waals surface area contributed by atoms with E-state index in [2.05, 4.69) is 25.5 Å². The second kappa shape index (κ2) is 8.94. The number of ether oxygens (including phenoxy) is 2. The van der Waals surface area contributed by atoms with E-state index in [0.717, 1.165) is 50.7 Å². The number of aryl methyl sites for hydroxylation is 1. The van der Waals surface area contributed by atoms with Gasteiger partial charge in [-0.1, -0.05) is 0 Å². The van der Waals surface area contributed by atoms with Gasteiger partial charge in [0.1, 0.15) is 5.82 Å². The van der Waals surface area contributed by atoms with Gasteiger partial charge in [-0.05, 0) is 49.7 Å². The Morgan fingerprint density at radius 2 is 1.91 bits per heavy atom. The fourth-order valence-corrected chi connectivity index (χ4v) is 5.64. The molecule has 3 aromatic rings. The van der Waals surface area contributed by atoms with Crippen molar-refractivity contribution >= 4 is 11.6 Å². The highest BCUT2D eigenvalue weighted by Gasteiger charge is 2.43. The van der Waals surface area contributed by atoms with E-state index in [1.807, 2.05) is 10.7 Å². The van der Waals surface area contributed by atoms with Crippen molar-refractivity contribution in [2.75, 3.05) is 30.4 Å². The number of fused-ring (bicyclic) bond motifs is 3. The molecule has 4 atom stereocenters. The Hall–Kier alpha value is -3.50. The normalized spacial score (nSPS) is 25.3. The quantitative estimate of drug-likeness (QED) is 0.569. The van der Waals surface area contributed by atoms with Gasteiger partial charge in [-0.3, -0.25) is 0 Å². The third kappa shape index (κ3) is 4.23. The summed E-state index contributed by atoms with van der Waals surface area (Å²) in [5.74, 6) is 1.34. The zero-order chi connectivity index (χ0) is 23.9. The van der Waals surface area contributed by atoms with Crippen LogP contribution >= 0.6 is 0 Å². The van der Waals surface area contributed by atoms with Crippen LogP contribution in [0.25, 0.3) is 0 Å². The van der Waals surface area contributed by atoms with E-state index >= 15 is 0 Å². The summed E-state index contributed by atoms with van der Waals surface area (Å²) >= 11 is 0. The molecule has 1 N–H and O–H groups in total. The van der Waals surface area contributed by atoms with Crippen LogP contribution < -0.4 is 19.7 Å². The smallest absolute Gasteiger partial charge is 0.242 e. The topological polar surface area (TPSA) is 90.2 Å². The molecule has 4 heterocycles. The van der Waals surface area contributed by atoms with Crippen molar-refractivity contribution < 1.29 is 18.3 Å². The third-order valence-corrected chi connectivity index (χ3v) is 7.31. The number of piperidine rings is 1. The van der Waals surface area contributed by atoms with E-state index in [1.54, 1.807) is 13.3 Å². The highest BCUT2D eigenvalue weighted by molar-refractivity contribution is 5.48. The Morgan fingerprint density at radius 3 is 2.69 bits per heavy atom. The Balaban J connectivity index is 1.16. The lowest BCUT2D eigenvalue weighted by molar-refractivity contribution is 0.149. The van der Waals surface area contributed by atoms with Crippen molar-refractivity contribution in [1.29, 1.82) is 0 Å². The Morgan fingerprint density at radius 1 is 1.09 bits per heavy atom. The molecule has 35 heavy (non-hydrogen) atoms. The molecule has 1 aliphatic carbocycles. The van der Waals surface area contributed by atoms with Crippen molar-refractivity contribution in [3.05, 3.63) is 47.9 Å². The van der Waals surface area contributed by atoms with Crippen molar-refractivity contribution in [3.8, 4) is 11.6 Å². The first-order valence-corrected chi connectivity index (χ1v) is 12.0. The van der Waals surface area contributed by atoms with Crippen molar-refractivity contribution in [2.24, 2.45) is 11.8 Å². The molecule has 2 aliphatic heterocycles. The number of nitrogens with one attached hydrogen (secondary N) is 1. The van der Waals surface area contributed by atoms with Crippen LogP contribution in [-0.2, 0) is 6.54 Å². The first kappa shape index (κ1) is 22.0. The standard InChI is InChI=1S/C24H27F2N7O2/c1-34-21-10-17(11-27-30-21)32-12-14-4-5-15(13-32)22(14)28-24-29-23-20(3-2-8-33(23)31-24)35-19-7-6-16(25)9-18(19)26/h6-7,9-11,14-15,20,22H,2-5,8,12-13H2,1H3,(H,28,31)/t14-,15+,20-,22-/m1/s1. The predicted octanol–water partition coefficient (Wildman–Crippen LogP) is 3.60. The minimum atomic E-state index is -0.717. The SMILES string of the molecule is COc1cc(N2C[C@H]3CC[C@@H](C2)[C@@H]3Nc2nc3n(n2)CCC[C@H]3Oc2ccc(F)cc2F)cnn1. The van der Waals surface area contributed by atoms with Crippen molar-refractivity contribution in [3.63, 3.8) is 0 Å². The average Bonchev–Trinajstić information content (AvgIpc) is 3.37. The lowest BCUT2D eigenvalue weighted by atomic mass is 9.92. The molecule has 2 bridgehead atoms. The van der Waals surface area contributed by atoms with E-state index in [0.29, 0.717) is 35.9 Å². The van der Waals surface area contributed by atoms with Gasteiger partial charge in [-0.2, -0.15) is 10.1 Å². The maximum absolute atomic E-state index is 14.1. The number of hydrogen-bond donors (Lipinski definition) is 1. The number of halogens is 2. The van der Waals surface area contributed by atoms with Crippen LogP contribution in [0.1, 0.15) is 37.6 Å². The summed E-state index contributed by atoms with van der Waals surface area (Å²) in [4.78, 5) is 7.09. The van der Waals surface area contributed by atoms with E-state index in [1.165, 1.54) is 12.1 Å². The van der Waals surface area contributed by atoms with Gasteiger partial charge in [0.15, 0.2) is 23.5 Å². The maximum Gasteiger partial charge on any atom is 0.242 e. The van der Waals surface area contributed by atoms with E-state index in [-0.39, 0.29) is 11.8 Å². The molecule has 1 aromatic carbocycles. The monoisotopic (exact) mass is 483 g/mol. The number of aromatic nitrogens is 5. The second-order valence-electron chi connectivity index (χ2n) is 9.47. The van der Waals surface area contributed by atoms with Gasteiger partial charge in [0, 0.05) is 37.8 Å². The predicted molar refractivity (Wildman–Crippen MR) is 123 cm³/mol. The van der Waals surface area contributed by atoms with Crippen LogP contribution in [0, 0.1) is 23.5 Å². The van der Waals surface area contributed by atoms with Gasteiger partial charge in [-0.25, -0.2) is 13.5 Å². The van der Waals surface area contributed by atoms with Gasteiger partial charge < -0.3 is 19.7 Å². The van der Waals surface area contributed by atoms with Gasteiger partial charge in [0.25, 0.3) is 0 Å². The lowest BCUT2D eigenvalue weighted by Gasteiger charge is -2.39. The average molecular weight is 484 g/mol. The van der Waals surface area contributed by atoms with E-state index < -0.39 is 17.7 Å². The van der Waals surface area contributed by atoms with Crippen LogP contribution in [0.5, 0.6) is 11.6 Å². The molecule has 0 spiro atoms. The van der Waals surface area contributed by atoms with Crippen LogP contribution in [-0.4, -0.2) is 51.2 Å². The largest absolute Gasteiger partial charge is 0.480 e. The summed E-state index contributed by atoms with van der Waals surface area (Å²) in [6.07, 6.45) is 5.16. The number of benzene rings is 1. The Kier molecular flexibility index (Phi) is 5.62. The molecular weight excluding hydrogens is 456 g/mol. The second-order valence-corrected chi connectivity index (χ2v) is 9.47. The first-order chi connectivity index (χ1) is 17.1. The molecule has 11 heteroatoms. The number of nitrogens with zero attached hydrogens (tertiary/aromatic N) is 6. The molecular formula is C24H27F2N7O2.